The molecule has 5 nitrogen and oxygen atoms in total. The van der Waals surface area contributed by atoms with E-state index in [1.54, 1.807) is 18.2 Å². The number of H-pyrrole nitrogens is 1. The van der Waals surface area contributed by atoms with Crippen LogP contribution in [0.3, 0.4) is 0 Å². The van der Waals surface area contributed by atoms with Crippen molar-refractivity contribution in [2.24, 2.45) is 5.92 Å². The Bertz CT molecular complexity index is 673. The highest BCUT2D eigenvalue weighted by Crippen LogP contribution is 2.17. The van der Waals surface area contributed by atoms with Crippen LogP contribution >= 0.6 is 0 Å². The molecule has 0 spiro atoms. The van der Waals surface area contributed by atoms with Crippen LogP contribution in [-0.4, -0.2) is 18.6 Å². The summed E-state index contributed by atoms with van der Waals surface area (Å²) < 4.78 is 26.8. The Morgan fingerprint density at radius 2 is 1.90 bits per heavy atom. The Labute approximate surface area is 119 Å². The molecule has 0 saturated heterocycles. The van der Waals surface area contributed by atoms with E-state index in [0.717, 1.165) is 17.7 Å². The molecule has 0 radical (unpaired) electrons. The Morgan fingerprint density at radius 3 is 2.40 bits per heavy atom. The van der Waals surface area contributed by atoms with Gasteiger partial charge >= 0.3 is 0 Å². The molecule has 0 atom stereocenters. The molecule has 0 fully saturated rings. The van der Waals surface area contributed by atoms with E-state index in [2.05, 4.69) is 28.8 Å². The van der Waals surface area contributed by atoms with E-state index in [0.29, 0.717) is 11.7 Å². The van der Waals surface area contributed by atoms with Gasteiger partial charge in [-0.15, -0.1) is 0 Å². The number of rotatable bonds is 5. The number of aromatic nitrogens is 2. The van der Waals surface area contributed by atoms with Crippen molar-refractivity contribution in [3.05, 3.63) is 41.6 Å². The molecule has 1 aromatic carbocycles. The minimum Gasteiger partial charge on any atom is -0.281 e. The second-order valence-electron chi connectivity index (χ2n) is 5.28. The smallest absolute Gasteiger partial charge is 0.263 e. The standard InChI is InChI=1S/C14H19N3O2S/c1-10(2)8-12-4-6-13(7-5-12)20(18,19)17-14-9-11(3)15-16-14/h4-7,9-10H,8H2,1-3H3,(H2,15,16,17). The molecule has 0 unspecified atom stereocenters. The van der Waals surface area contributed by atoms with Crippen LogP contribution in [0.25, 0.3) is 0 Å². The molecule has 2 aromatic rings. The lowest BCUT2D eigenvalue weighted by Crippen LogP contribution is -2.13. The van der Waals surface area contributed by atoms with Gasteiger partial charge in [-0.2, -0.15) is 5.10 Å². The number of hydrogen-bond donors (Lipinski definition) is 2. The summed E-state index contributed by atoms with van der Waals surface area (Å²) in [7, 11) is -3.58. The second kappa shape index (κ2) is 5.66. The number of sulfonamides is 1. The molecule has 1 aromatic heterocycles. The number of nitrogens with zero attached hydrogens (tertiary/aromatic N) is 1. The van der Waals surface area contributed by atoms with Crippen LogP contribution in [0.5, 0.6) is 0 Å². The Hall–Kier alpha value is -1.82. The Morgan fingerprint density at radius 1 is 1.25 bits per heavy atom. The van der Waals surface area contributed by atoms with Gasteiger partial charge in [0.05, 0.1) is 4.90 Å². The predicted octanol–water partition coefficient (Wildman–Crippen LogP) is 2.72. The highest BCUT2D eigenvalue weighted by molar-refractivity contribution is 7.92. The minimum atomic E-state index is -3.58. The molecular weight excluding hydrogens is 274 g/mol. The van der Waals surface area contributed by atoms with Gasteiger partial charge in [-0.1, -0.05) is 26.0 Å². The molecule has 1 heterocycles. The molecule has 0 aliphatic heterocycles. The number of nitrogens with one attached hydrogen (secondary N) is 2. The van der Waals surface area contributed by atoms with Crippen molar-refractivity contribution in [1.29, 1.82) is 0 Å². The van der Waals surface area contributed by atoms with Gasteiger partial charge in [0.2, 0.25) is 0 Å². The van der Waals surface area contributed by atoms with Gasteiger partial charge in [0.25, 0.3) is 10.0 Å². The van der Waals surface area contributed by atoms with Crippen molar-refractivity contribution in [3.63, 3.8) is 0 Å². The predicted molar refractivity (Wildman–Crippen MR) is 79.1 cm³/mol. The zero-order valence-corrected chi connectivity index (χ0v) is 12.7. The van der Waals surface area contributed by atoms with Crippen molar-refractivity contribution in [2.45, 2.75) is 32.1 Å². The SMILES string of the molecule is Cc1cc(NS(=O)(=O)c2ccc(CC(C)C)cc2)n[nH]1. The van der Waals surface area contributed by atoms with E-state index >= 15 is 0 Å². The first-order valence-corrected chi connectivity index (χ1v) is 7.99. The van der Waals surface area contributed by atoms with E-state index in [1.807, 2.05) is 19.1 Å². The molecule has 2 rings (SSSR count). The first-order chi connectivity index (χ1) is 9.37. The number of hydrogen-bond acceptors (Lipinski definition) is 3. The molecule has 0 aliphatic rings. The van der Waals surface area contributed by atoms with Crippen molar-refractivity contribution in [3.8, 4) is 0 Å². The van der Waals surface area contributed by atoms with Crippen LogP contribution in [0.4, 0.5) is 5.82 Å². The molecule has 0 saturated carbocycles. The third-order valence-corrected chi connectivity index (χ3v) is 4.19. The van der Waals surface area contributed by atoms with Gasteiger partial charge in [-0.05, 0) is 37.0 Å². The third kappa shape index (κ3) is 3.60. The summed E-state index contributed by atoms with van der Waals surface area (Å²) >= 11 is 0. The molecule has 0 amide bonds. The molecule has 20 heavy (non-hydrogen) atoms. The van der Waals surface area contributed by atoms with E-state index in [4.69, 9.17) is 0 Å². The first-order valence-electron chi connectivity index (χ1n) is 6.50. The molecule has 6 heteroatoms. The number of benzene rings is 1. The molecule has 0 bridgehead atoms. The van der Waals surface area contributed by atoms with Gasteiger partial charge in [-0.3, -0.25) is 9.82 Å². The van der Waals surface area contributed by atoms with Crippen LogP contribution < -0.4 is 4.72 Å². The summed E-state index contributed by atoms with van der Waals surface area (Å²) in [5.74, 6) is 0.844. The van der Waals surface area contributed by atoms with Crippen LogP contribution in [0.15, 0.2) is 35.2 Å². The maximum absolute atomic E-state index is 12.2. The first kappa shape index (κ1) is 14.6. The lowest BCUT2D eigenvalue weighted by molar-refractivity contribution is 0.601. The fraction of sp³-hybridized carbons (Fsp3) is 0.357. The van der Waals surface area contributed by atoms with Gasteiger partial charge in [0.1, 0.15) is 0 Å². The van der Waals surface area contributed by atoms with E-state index in [-0.39, 0.29) is 4.90 Å². The van der Waals surface area contributed by atoms with Gasteiger partial charge in [0.15, 0.2) is 5.82 Å². The molecule has 2 N–H and O–H groups in total. The van der Waals surface area contributed by atoms with Crippen LogP contribution in [0.1, 0.15) is 25.1 Å². The van der Waals surface area contributed by atoms with E-state index in [9.17, 15) is 8.42 Å². The zero-order valence-electron chi connectivity index (χ0n) is 11.8. The molecule has 0 aliphatic carbocycles. The highest BCUT2D eigenvalue weighted by Gasteiger charge is 2.15. The van der Waals surface area contributed by atoms with Crippen LogP contribution in [0, 0.1) is 12.8 Å². The molecular formula is C14H19N3O2S. The monoisotopic (exact) mass is 293 g/mol. The van der Waals surface area contributed by atoms with Crippen molar-refractivity contribution in [2.75, 3.05) is 4.72 Å². The summed E-state index contributed by atoms with van der Waals surface area (Å²) in [6, 6.07) is 8.60. The van der Waals surface area contributed by atoms with Gasteiger partial charge in [-0.25, -0.2) is 8.42 Å². The summed E-state index contributed by atoms with van der Waals surface area (Å²) in [5.41, 5.74) is 1.93. The lowest BCUT2D eigenvalue weighted by atomic mass is 10.0. The second-order valence-corrected chi connectivity index (χ2v) is 6.97. The maximum Gasteiger partial charge on any atom is 0.263 e. The summed E-state index contributed by atoms with van der Waals surface area (Å²) in [6.07, 6.45) is 0.937. The molecule has 108 valence electrons. The van der Waals surface area contributed by atoms with Crippen molar-refractivity contribution >= 4 is 15.8 Å². The average molecular weight is 293 g/mol. The normalized spacial score (nSPS) is 11.8. The van der Waals surface area contributed by atoms with Gasteiger partial charge in [0, 0.05) is 11.8 Å². The van der Waals surface area contributed by atoms with Crippen LogP contribution in [0.2, 0.25) is 0 Å². The summed E-state index contributed by atoms with van der Waals surface area (Å²) in [4.78, 5) is 0.241. The Kier molecular flexibility index (Phi) is 4.13. The van der Waals surface area contributed by atoms with E-state index in [1.165, 1.54) is 0 Å². The lowest BCUT2D eigenvalue weighted by Gasteiger charge is -2.08. The fourth-order valence-corrected chi connectivity index (χ4v) is 2.94. The third-order valence-electron chi connectivity index (χ3n) is 2.82. The summed E-state index contributed by atoms with van der Waals surface area (Å²) in [6.45, 7) is 6.07. The number of aryl methyl sites for hydroxylation is 1. The van der Waals surface area contributed by atoms with Gasteiger partial charge < -0.3 is 0 Å². The van der Waals surface area contributed by atoms with Crippen molar-refractivity contribution in [1.82, 2.24) is 10.2 Å². The van der Waals surface area contributed by atoms with Crippen molar-refractivity contribution < 1.29 is 8.42 Å². The van der Waals surface area contributed by atoms with E-state index < -0.39 is 10.0 Å². The number of anilines is 1. The topological polar surface area (TPSA) is 74.8 Å². The maximum atomic E-state index is 12.2. The number of aromatic amines is 1. The zero-order chi connectivity index (χ0) is 14.8. The fourth-order valence-electron chi connectivity index (χ4n) is 1.94. The minimum absolute atomic E-state index is 0.241. The summed E-state index contributed by atoms with van der Waals surface area (Å²) in [5, 5.41) is 6.56. The Balaban J connectivity index is 2.17. The quantitative estimate of drug-likeness (QED) is 0.890. The average Bonchev–Trinajstić information content (AvgIpc) is 2.74. The largest absolute Gasteiger partial charge is 0.281 e. The highest BCUT2D eigenvalue weighted by atomic mass is 32.2. The van der Waals surface area contributed by atoms with Crippen LogP contribution in [-0.2, 0) is 16.4 Å².